The van der Waals surface area contributed by atoms with Crippen LogP contribution in [0, 0.1) is 0 Å². The Balaban J connectivity index is 1.68. The molecule has 0 aliphatic carbocycles. The normalized spacial score (nSPS) is 14.6. The van der Waals surface area contributed by atoms with E-state index in [-0.39, 0.29) is 12.3 Å². The number of nitrogens with one attached hydrogen (secondary N) is 1. The van der Waals surface area contributed by atoms with Crippen molar-refractivity contribution in [1.82, 2.24) is 4.90 Å². The van der Waals surface area contributed by atoms with Crippen LogP contribution in [0.3, 0.4) is 0 Å². The first-order valence-corrected chi connectivity index (χ1v) is 9.19. The molecule has 0 aromatic heterocycles. The largest absolute Gasteiger partial charge is 0.416 e. The van der Waals surface area contributed by atoms with Gasteiger partial charge in [-0.1, -0.05) is 24.3 Å². The number of carbonyl (C=O) groups excluding carboxylic acids is 2. The fourth-order valence-corrected chi connectivity index (χ4v) is 3.24. The summed E-state index contributed by atoms with van der Waals surface area (Å²) in [5.41, 5.74) is 0.541. The molecule has 4 nitrogen and oxygen atoms in total. The van der Waals surface area contributed by atoms with Gasteiger partial charge in [0.2, 0.25) is 5.91 Å². The molecule has 1 fully saturated rings. The number of alkyl halides is 3. The first-order valence-electron chi connectivity index (χ1n) is 9.19. The number of anilines is 1. The summed E-state index contributed by atoms with van der Waals surface area (Å²) in [7, 11) is 0. The molecule has 28 heavy (non-hydrogen) atoms. The maximum absolute atomic E-state index is 12.8. The molecule has 0 bridgehead atoms. The van der Waals surface area contributed by atoms with Gasteiger partial charge in [-0.25, -0.2) is 0 Å². The molecule has 0 unspecified atom stereocenters. The highest BCUT2D eigenvalue weighted by atomic mass is 19.4. The second-order valence-electron chi connectivity index (χ2n) is 6.82. The second-order valence-corrected chi connectivity index (χ2v) is 6.82. The molecule has 2 amide bonds. The number of para-hydroxylation sites is 1. The van der Waals surface area contributed by atoms with Crippen molar-refractivity contribution < 1.29 is 22.8 Å². The van der Waals surface area contributed by atoms with Gasteiger partial charge in [-0.15, -0.1) is 0 Å². The summed E-state index contributed by atoms with van der Waals surface area (Å²) in [6.07, 6.45) is -1.45. The van der Waals surface area contributed by atoms with Crippen LogP contribution in [0.25, 0.3) is 0 Å². The summed E-state index contributed by atoms with van der Waals surface area (Å²) >= 11 is 0. The highest BCUT2D eigenvalue weighted by Crippen LogP contribution is 2.29. The molecular formula is C21H21F3N2O2. The zero-order valence-corrected chi connectivity index (χ0v) is 15.3. The number of likely N-dealkylation sites (tertiary alicyclic amines) is 1. The lowest BCUT2D eigenvalue weighted by atomic mass is 10.1. The number of nitrogens with zero attached hydrogens (tertiary/aromatic N) is 1. The Morgan fingerprint density at radius 2 is 1.57 bits per heavy atom. The molecular weight excluding hydrogens is 369 g/mol. The van der Waals surface area contributed by atoms with Gasteiger partial charge >= 0.3 is 6.18 Å². The van der Waals surface area contributed by atoms with Crippen molar-refractivity contribution in [3.05, 3.63) is 65.2 Å². The predicted octanol–water partition coefficient (Wildman–Crippen LogP) is 4.51. The summed E-state index contributed by atoms with van der Waals surface area (Å²) in [5.74, 6) is -0.510. The third kappa shape index (κ3) is 4.91. The third-order valence-corrected chi connectivity index (χ3v) is 4.72. The zero-order valence-electron chi connectivity index (χ0n) is 15.3. The number of halogens is 3. The van der Waals surface area contributed by atoms with Crippen LogP contribution in [-0.4, -0.2) is 29.8 Å². The Bertz CT molecular complexity index is 841. The molecule has 7 heteroatoms. The minimum atomic E-state index is -4.41. The molecule has 0 atom stereocenters. The van der Waals surface area contributed by atoms with E-state index in [9.17, 15) is 22.8 Å². The number of hydrogen-bond acceptors (Lipinski definition) is 2. The first kappa shape index (κ1) is 19.9. The Kier molecular flexibility index (Phi) is 6.02. The van der Waals surface area contributed by atoms with Gasteiger partial charge in [0.15, 0.2) is 0 Å². The zero-order chi connectivity index (χ0) is 20.1. The summed E-state index contributed by atoms with van der Waals surface area (Å²) in [5, 5.41) is 2.72. The number of amides is 2. The second kappa shape index (κ2) is 8.46. The molecule has 1 aliphatic rings. The lowest BCUT2D eigenvalue weighted by molar-refractivity contribution is -0.137. The van der Waals surface area contributed by atoms with E-state index in [0.717, 1.165) is 31.4 Å². The molecule has 148 valence electrons. The van der Waals surface area contributed by atoms with E-state index in [0.29, 0.717) is 29.9 Å². The van der Waals surface area contributed by atoms with Crippen LogP contribution in [0.2, 0.25) is 0 Å². The SMILES string of the molecule is O=C(Cc1ccc(C(F)(F)F)cc1)Nc1ccccc1C(=O)N1CCCCC1. The number of piperidine rings is 1. The highest BCUT2D eigenvalue weighted by Gasteiger charge is 2.30. The topological polar surface area (TPSA) is 49.4 Å². The molecule has 0 saturated carbocycles. The standard InChI is InChI=1S/C21H21F3N2O2/c22-21(23,24)16-10-8-15(9-11-16)14-19(27)25-18-7-3-2-6-17(18)20(28)26-12-4-1-5-13-26/h2-3,6-11H,1,4-5,12-14H2,(H,25,27). The average molecular weight is 390 g/mol. The smallest absolute Gasteiger partial charge is 0.339 e. The van der Waals surface area contributed by atoms with Gasteiger partial charge < -0.3 is 10.2 Å². The molecule has 0 spiro atoms. The number of benzene rings is 2. The summed E-state index contributed by atoms with van der Waals surface area (Å²) in [6, 6.07) is 11.3. The van der Waals surface area contributed by atoms with Crippen LogP contribution in [0.1, 0.15) is 40.7 Å². The van der Waals surface area contributed by atoms with Crippen molar-refractivity contribution >= 4 is 17.5 Å². The minimum absolute atomic E-state index is 0.0790. The van der Waals surface area contributed by atoms with Gasteiger partial charge in [0.1, 0.15) is 0 Å². The summed E-state index contributed by atoms with van der Waals surface area (Å²) in [6.45, 7) is 1.40. The first-order chi connectivity index (χ1) is 13.3. The van der Waals surface area contributed by atoms with Crippen molar-refractivity contribution in [2.45, 2.75) is 31.9 Å². The summed E-state index contributed by atoms with van der Waals surface area (Å²) < 4.78 is 37.9. The van der Waals surface area contributed by atoms with Crippen LogP contribution >= 0.6 is 0 Å². The van der Waals surface area contributed by atoms with Crippen LogP contribution < -0.4 is 5.32 Å². The predicted molar refractivity (Wildman–Crippen MR) is 100.0 cm³/mol. The number of hydrogen-bond donors (Lipinski definition) is 1. The third-order valence-electron chi connectivity index (χ3n) is 4.72. The Labute approximate surface area is 161 Å². The van der Waals surface area contributed by atoms with E-state index in [1.165, 1.54) is 12.1 Å². The number of rotatable bonds is 4. The quantitative estimate of drug-likeness (QED) is 0.835. The van der Waals surface area contributed by atoms with E-state index in [1.54, 1.807) is 29.2 Å². The van der Waals surface area contributed by atoms with Gasteiger partial charge in [-0.2, -0.15) is 13.2 Å². The molecule has 0 radical (unpaired) electrons. The van der Waals surface area contributed by atoms with E-state index in [1.807, 2.05) is 0 Å². The molecule has 2 aromatic rings. The maximum atomic E-state index is 12.8. The monoisotopic (exact) mass is 390 g/mol. The lowest BCUT2D eigenvalue weighted by Gasteiger charge is -2.27. The Morgan fingerprint density at radius 1 is 0.929 bits per heavy atom. The van der Waals surface area contributed by atoms with Crippen molar-refractivity contribution in [3.63, 3.8) is 0 Å². The fourth-order valence-electron chi connectivity index (χ4n) is 3.24. The molecule has 1 N–H and O–H groups in total. The fraction of sp³-hybridized carbons (Fsp3) is 0.333. The molecule has 1 saturated heterocycles. The minimum Gasteiger partial charge on any atom is -0.339 e. The van der Waals surface area contributed by atoms with Crippen molar-refractivity contribution in [2.24, 2.45) is 0 Å². The summed E-state index contributed by atoms with van der Waals surface area (Å²) in [4.78, 5) is 26.9. The average Bonchev–Trinajstić information content (AvgIpc) is 2.68. The van der Waals surface area contributed by atoms with Gasteiger partial charge in [-0.3, -0.25) is 9.59 Å². The van der Waals surface area contributed by atoms with Crippen molar-refractivity contribution in [2.75, 3.05) is 18.4 Å². The molecule has 2 aromatic carbocycles. The van der Waals surface area contributed by atoms with Gasteiger partial charge in [0, 0.05) is 13.1 Å². The molecule has 1 heterocycles. The van der Waals surface area contributed by atoms with E-state index >= 15 is 0 Å². The number of carbonyl (C=O) groups is 2. The van der Waals surface area contributed by atoms with E-state index < -0.39 is 17.6 Å². The molecule has 3 rings (SSSR count). The Morgan fingerprint density at radius 3 is 2.21 bits per heavy atom. The highest BCUT2D eigenvalue weighted by molar-refractivity contribution is 6.04. The van der Waals surface area contributed by atoms with Gasteiger partial charge in [0.25, 0.3) is 5.91 Å². The van der Waals surface area contributed by atoms with Crippen molar-refractivity contribution in [1.29, 1.82) is 0 Å². The van der Waals surface area contributed by atoms with E-state index in [4.69, 9.17) is 0 Å². The van der Waals surface area contributed by atoms with Crippen molar-refractivity contribution in [3.8, 4) is 0 Å². The van der Waals surface area contributed by atoms with Gasteiger partial charge in [-0.05, 0) is 49.1 Å². The molecule has 1 aliphatic heterocycles. The van der Waals surface area contributed by atoms with Crippen LogP contribution in [0.5, 0.6) is 0 Å². The van der Waals surface area contributed by atoms with Crippen LogP contribution in [-0.2, 0) is 17.4 Å². The van der Waals surface area contributed by atoms with Gasteiger partial charge in [0.05, 0.1) is 23.2 Å². The Hall–Kier alpha value is -2.83. The van der Waals surface area contributed by atoms with E-state index in [2.05, 4.69) is 5.32 Å². The lowest BCUT2D eigenvalue weighted by Crippen LogP contribution is -2.36. The maximum Gasteiger partial charge on any atom is 0.416 e. The van der Waals surface area contributed by atoms with Crippen LogP contribution in [0.15, 0.2) is 48.5 Å². The van der Waals surface area contributed by atoms with Crippen LogP contribution in [0.4, 0.5) is 18.9 Å².